The molecule has 1 aromatic heterocycles. The molecule has 1 aliphatic rings. The molecule has 116 valence electrons. The van der Waals surface area contributed by atoms with Gasteiger partial charge in [-0.1, -0.05) is 12.1 Å². The summed E-state index contributed by atoms with van der Waals surface area (Å²) in [6.45, 7) is 3.09. The smallest absolute Gasteiger partial charge is 0.260 e. The Kier molecular flexibility index (Phi) is 4.09. The lowest BCUT2D eigenvalue weighted by Crippen LogP contribution is -2.33. The summed E-state index contributed by atoms with van der Waals surface area (Å²) in [6, 6.07) is 6.08. The molecule has 1 N–H and O–H groups in total. The second-order valence-corrected chi connectivity index (χ2v) is 5.50. The number of para-hydroxylation sites is 1. The lowest BCUT2D eigenvalue weighted by Gasteiger charge is -2.16. The molecular weight excluding hydrogens is 285 g/mol. The van der Waals surface area contributed by atoms with E-state index >= 15 is 0 Å². The van der Waals surface area contributed by atoms with Gasteiger partial charge in [0.2, 0.25) is 0 Å². The first-order valence-electron chi connectivity index (χ1n) is 7.30. The maximum absolute atomic E-state index is 13.4. The second-order valence-electron chi connectivity index (χ2n) is 5.50. The minimum Gasteiger partial charge on any atom is -0.481 e. The van der Waals surface area contributed by atoms with E-state index < -0.39 is 5.82 Å². The molecule has 5 nitrogen and oxygen atoms in total. The minimum absolute atomic E-state index is 0.105. The van der Waals surface area contributed by atoms with Gasteiger partial charge in [0.1, 0.15) is 5.82 Å². The van der Waals surface area contributed by atoms with E-state index in [0.717, 1.165) is 17.9 Å². The number of rotatable bonds is 4. The van der Waals surface area contributed by atoms with Gasteiger partial charge in [0.25, 0.3) is 5.91 Å². The number of aromatic nitrogens is 2. The minimum atomic E-state index is -0.458. The predicted molar refractivity (Wildman–Crippen MR) is 79.2 cm³/mol. The lowest BCUT2D eigenvalue weighted by atomic mass is 10.1. The first-order chi connectivity index (χ1) is 10.6. The van der Waals surface area contributed by atoms with Gasteiger partial charge in [-0.2, -0.15) is 0 Å². The van der Waals surface area contributed by atoms with E-state index in [9.17, 15) is 9.18 Å². The van der Waals surface area contributed by atoms with Crippen LogP contribution in [0.3, 0.4) is 0 Å². The molecule has 0 unspecified atom stereocenters. The maximum atomic E-state index is 13.4. The van der Waals surface area contributed by atoms with Crippen LogP contribution in [0.15, 0.2) is 30.5 Å². The van der Waals surface area contributed by atoms with E-state index in [1.165, 1.54) is 12.1 Å². The van der Waals surface area contributed by atoms with Crippen LogP contribution in [0.5, 0.6) is 5.75 Å². The molecule has 1 fully saturated rings. The van der Waals surface area contributed by atoms with Gasteiger partial charge in [-0.25, -0.2) is 9.37 Å². The number of benzene rings is 1. The summed E-state index contributed by atoms with van der Waals surface area (Å²) in [5, 5.41) is 0. The second kappa shape index (κ2) is 6.17. The van der Waals surface area contributed by atoms with E-state index in [1.807, 2.05) is 6.92 Å². The summed E-state index contributed by atoms with van der Waals surface area (Å²) in [7, 11) is 0. The molecule has 0 bridgehead atoms. The largest absolute Gasteiger partial charge is 0.481 e. The SMILES string of the molecule is Cc1cnc([C@H]2CCN(C(=O)COc3ccccc3F)C2)[nH]1. The Hall–Kier alpha value is -2.37. The van der Waals surface area contributed by atoms with Gasteiger partial charge in [-0.3, -0.25) is 4.79 Å². The highest BCUT2D eigenvalue weighted by Crippen LogP contribution is 2.25. The predicted octanol–water partition coefficient (Wildman–Crippen LogP) is 2.25. The first-order valence-corrected chi connectivity index (χ1v) is 7.30. The fourth-order valence-corrected chi connectivity index (χ4v) is 2.64. The van der Waals surface area contributed by atoms with Gasteiger partial charge < -0.3 is 14.6 Å². The fourth-order valence-electron chi connectivity index (χ4n) is 2.64. The Bertz CT molecular complexity index is 671. The third-order valence-corrected chi connectivity index (χ3v) is 3.84. The number of carbonyl (C=O) groups excluding carboxylic acids is 1. The van der Waals surface area contributed by atoms with E-state index in [1.54, 1.807) is 23.2 Å². The van der Waals surface area contributed by atoms with E-state index in [-0.39, 0.29) is 24.2 Å². The lowest BCUT2D eigenvalue weighted by molar-refractivity contribution is -0.132. The number of imidazole rings is 1. The molecule has 3 rings (SSSR count). The number of likely N-dealkylation sites (tertiary alicyclic amines) is 1. The van der Waals surface area contributed by atoms with Crippen molar-refractivity contribution in [2.75, 3.05) is 19.7 Å². The van der Waals surface area contributed by atoms with Crippen molar-refractivity contribution in [3.05, 3.63) is 47.8 Å². The van der Waals surface area contributed by atoms with Gasteiger partial charge in [-0.05, 0) is 25.5 Å². The number of hydrogen-bond donors (Lipinski definition) is 1. The summed E-state index contributed by atoms with van der Waals surface area (Å²) < 4.78 is 18.7. The van der Waals surface area contributed by atoms with Gasteiger partial charge in [0, 0.05) is 30.9 Å². The molecule has 0 saturated carbocycles. The zero-order valence-corrected chi connectivity index (χ0v) is 12.4. The molecule has 22 heavy (non-hydrogen) atoms. The van der Waals surface area contributed by atoms with Crippen molar-refractivity contribution in [2.45, 2.75) is 19.3 Å². The summed E-state index contributed by atoms with van der Waals surface area (Å²) in [4.78, 5) is 21.4. The quantitative estimate of drug-likeness (QED) is 0.942. The highest BCUT2D eigenvalue weighted by molar-refractivity contribution is 5.78. The molecule has 0 radical (unpaired) electrons. The monoisotopic (exact) mass is 303 g/mol. The molecule has 6 heteroatoms. The number of aromatic amines is 1. The Morgan fingerprint density at radius 3 is 3.05 bits per heavy atom. The molecule has 1 aliphatic heterocycles. The molecule has 1 aromatic carbocycles. The van der Waals surface area contributed by atoms with Crippen molar-refractivity contribution < 1.29 is 13.9 Å². The number of nitrogens with one attached hydrogen (secondary N) is 1. The van der Waals surface area contributed by atoms with E-state index in [0.29, 0.717) is 13.1 Å². The summed E-state index contributed by atoms with van der Waals surface area (Å²) in [5.74, 6) is 0.664. The normalized spacial score (nSPS) is 17.7. The van der Waals surface area contributed by atoms with Crippen molar-refractivity contribution in [1.82, 2.24) is 14.9 Å². The molecule has 0 aliphatic carbocycles. The summed E-state index contributed by atoms with van der Waals surface area (Å²) in [5.41, 5.74) is 1.02. The van der Waals surface area contributed by atoms with E-state index in [2.05, 4.69) is 9.97 Å². The summed E-state index contributed by atoms with van der Waals surface area (Å²) >= 11 is 0. The van der Waals surface area contributed by atoms with Crippen LogP contribution < -0.4 is 4.74 Å². The molecule has 0 spiro atoms. The highest BCUT2D eigenvalue weighted by atomic mass is 19.1. The number of amides is 1. The standard InChI is InChI=1S/C16H18FN3O2/c1-11-8-18-16(19-11)12-6-7-20(9-12)15(21)10-22-14-5-3-2-4-13(14)17/h2-5,8,12H,6-7,9-10H2,1H3,(H,18,19)/t12-/m0/s1. The zero-order valence-electron chi connectivity index (χ0n) is 12.4. The summed E-state index contributed by atoms with van der Waals surface area (Å²) in [6.07, 6.45) is 2.67. The molecule has 2 heterocycles. The Morgan fingerprint density at radius 2 is 2.32 bits per heavy atom. The fraction of sp³-hybridized carbons (Fsp3) is 0.375. The Morgan fingerprint density at radius 1 is 1.50 bits per heavy atom. The number of carbonyl (C=O) groups is 1. The van der Waals surface area contributed by atoms with Crippen molar-refractivity contribution >= 4 is 5.91 Å². The van der Waals surface area contributed by atoms with Gasteiger partial charge in [-0.15, -0.1) is 0 Å². The van der Waals surface area contributed by atoms with Crippen molar-refractivity contribution in [1.29, 1.82) is 0 Å². The third-order valence-electron chi connectivity index (χ3n) is 3.84. The van der Waals surface area contributed by atoms with Crippen molar-refractivity contribution in [2.24, 2.45) is 0 Å². The Labute approximate surface area is 128 Å². The van der Waals surface area contributed by atoms with Gasteiger partial charge >= 0.3 is 0 Å². The Balaban J connectivity index is 1.54. The number of nitrogens with zero attached hydrogens (tertiary/aromatic N) is 2. The van der Waals surface area contributed by atoms with Crippen LogP contribution in [-0.2, 0) is 4.79 Å². The molecule has 1 amide bonds. The van der Waals surface area contributed by atoms with Crippen LogP contribution in [0.25, 0.3) is 0 Å². The van der Waals surface area contributed by atoms with E-state index in [4.69, 9.17) is 4.74 Å². The molecule has 1 atom stereocenters. The number of halogens is 1. The molecular formula is C16H18FN3O2. The molecule has 2 aromatic rings. The van der Waals surface area contributed by atoms with Crippen LogP contribution in [0.1, 0.15) is 23.9 Å². The third kappa shape index (κ3) is 3.10. The van der Waals surface area contributed by atoms with Gasteiger partial charge in [0.05, 0.1) is 0 Å². The van der Waals surface area contributed by atoms with Crippen LogP contribution in [0.2, 0.25) is 0 Å². The average molecular weight is 303 g/mol. The van der Waals surface area contributed by atoms with Crippen molar-refractivity contribution in [3.8, 4) is 5.75 Å². The van der Waals surface area contributed by atoms with Crippen LogP contribution in [0, 0.1) is 12.7 Å². The topological polar surface area (TPSA) is 58.2 Å². The molecule has 1 saturated heterocycles. The van der Waals surface area contributed by atoms with Crippen LogP contribution in [0.4, 0.5) is 4.39 Å². The zero-order chi connectivity index (χ0) is 15.5. The first kappa shape index (κ1) is 14.6. The van der Waals surface area contributed by atoms with Gasteiger partial charge in [0.15, 0.2) is 18.2 Å². The number of ether oxygens (including phenoxy) is 1. The highest BCUT2D eigenvalue weighted by Gasteiger charge is 2.29. The number of aryl methyl sites for hydroxylation is 1. The van der Waals surface area contributed by atoms with Crippen LogP contribution in [-0.4, -0.2) is 40.5 Å². The van der Waals surface area contributed by atoms with Crippen molar-refractivity contribution in [3.63, 3.8) is 0 Å². The number of hydrogen-bond acceptors (Lipinski definition) is 3. The maximum Gasteiger partial charge on any atom is 0.260 e. The average Bonchev–Trinajstić information content (AvgIpc) is 3.15. The van der Waals surface area contributed by atoms with Crippen LogP contribution >= 0.6 is 0 Å². The number of H-pyrrole nitrogens is 1.